The van der Waals surface area contributed by atoms with E-state index in [1.165, 1.54) is 6.54 Å². The Morgan fingerprint density at radius 3 is 2.48 bits per heavy atom. The average molecular weight is 291 g/mol. The number of piperazine rings is 1. The normalized spacial score (nSPS) is 16.7. The molecule has 0 aliphatic carbocycles. The minimum absolute atomic E-state index is 0.742. The van der Waals surface area contributed by atoms with E-state index < -0.39 is 0 Å². The molecule has 1 aliphatic heterocycles. The fraction of sp³-hybridized carbons (Fsp3) is 0.750. The summed E-state index contributed by atoms with van der Waals surface area (Å²) >= 11 is 0. The summed E-state index contributed by atoms with van der Waals surface area (Å²) in [6.45, 7) is 14.1. The standard InChI is InChI=1S/C16H29N5/c1-4-7-17-12-15-5-6-16(19-18-15)21-10-8-20(9-11-21)13-14(2)3/h5-6,14,17H,4,7-13H2,1-3H3. The average Bonchev–Trinajstić information content (AvgIpc) is 2.49. The summed E-state index contributed by atoms with van der Waals surface area (Å²) in [6.07, 6.45) is 1.15. The van der Waals surface area contributed by atoms with Crippen molar-refractivity contribution in [2.24, 2.45) is 5.92 Å². The quantitative estimate of drug-likeness (QED) is 0.776. The van der Waals surface area contributed by atoms with Crippen LogP contribution in [0.3, 0.4) is 0 Å². The van der Waals surface area contributed by atoms with Gasteiger partial charge in [0, 0.05) is 39.3 Å². The zero-order valence-electron chi connectivity index (χ0n) is 13.7. The maximum atomic E-state index is 4.38. The molecule has 118 valence electrons. The summed E-state index contributed by atoms with van der Waals surface area (Å²) in [5, 5.41) is 12.1. The highest BCUT2D eigenvalue weighted by atomic mass is 15.3. The van der Waals surface area contributed by atoms with Gasteiger partial charge in [0.25, 0.3) is 0 Å². The first kappa shape index (κ1) is 16.2. The summed E-state index contributed by atoms with van der Waals surface area (Å²) in [6, 6.07) is 4.19. The summed E-state index contributed by atoms with van der Waals surface area (Å²) in [4.78, 5) is 4.88. The van der Waals surface area contributed by atoms with E-state index in [0.29, 0.717) is 0 Å². The molecule has 0 bridgehead atoms. The molecule has 2 heterocycles. The van der Waals surface area contributed by atoms with E-state index in [-0.39, 0.29) is 0 Å². The van der Waals surface area contributed by atoms with Crippen LogP contribution < -0.4 is 10.2 Å². The van der Waals surface area contributed by atoms with E-state index in [2.05, 4.69) is 58.2 Å². The molecule has 1 saturated heterocycles. The van der Waals surface area contributed by atoms with Crippen LogP contribution in [-0.2, 0) is 6.54 Å². The summed E-state index contributed by atoms with van der Waals surface area (Å²) < 4.78 is 0. The van der Waals surface area contributed by atoms with Crippen molar-refractivity contribution in [3.8, 4) is 0 Å². The van der Waals surface area contributed by atoms with E-state index in [9.17, 15) is 0 Å². The smallest absolute Gasteiger partial charge is 0.151 e. The lowest BCUT2D eigenvalue weighted by molar-refractivity contribution is 0.231. The van der Waals surface area contributed by atoms with Crippen LogP contribution in [-0.4, -0.2) is 54.4 Å². The molecule has 0 spiro atoms. The molecule has 5 heteroatoms. The Kier molecular flexibility index (Phi) is 6.39. The Labute approximate surface area is 128 Å². The molecule has 0 saturated carbocycles. The predicted molar refractivity (Wildman–Crippen MR) is 87.5 cm³/mol. The number of rotatable bonds is 7. The lowest BCUT2D eigenvalue weighted by Crippen LogP contribution is -2.47. The number of nitrogens with one attached hydrogen (secondary N) is 1. The first-order valence-corrected chi connectivity index (χ1v) is 8.19. The molecule has 1 fully saturated rings. The van der Waals surface area contributed by atoms with Gasteiger partial charge in [-0.3, -0.25) is 4.90 Å². The second kappa shape index (κ2) is 8.29. The molecule has 21 heavy (non-hydrogen) atoms. The first-order chi connectivity index (χ1) is 10.2. The van der Waals surface area contributed by atoms with Crippen molar-refractivity contribution in [2.75, 3.05) is 44.2 Å². The second-order valence-corrected chi connectivity index (χ2v) is 6.24. The van der Waals surface area contributed by atoms with Crippen molar-refractivity contribution < 1.29 is 0 Å². The van der Waals surface area contributed by atoms with Crippen LogP contribution in [0, 0.1) is 5.92 Å². The van der Waals surface area contributed by atoms with Crippen molar-refractivity contribution in [1.29, 1.82) is 0 Å². The maximum absolute atomic E-state index is 4.38. The van der Waals surface area contributed by atoms with E-state index in [0.717, 1.165) is 63.1 Å². The van der Waals surface area contributed by atoms with Crippen LogP contribution in [0.5, 0.6) is 0 Å². The molecule has 1 N–H and O–H groups in total. The SMILES string of the molecule is CCCNCc1ccc(N2CCN(CC(C)C)CC2)nn1. The van der Waals surface area contributed by atoms with Crippen LogP contribution in [0.4, 0.5) is 5.82 Å². The fourth-order valence-electron chi connectivity index (χ4n) is 2.68. The van der Waals surface area contributed by atoms with E-state index in [4.69, 9.17) is 0 Å². The van der Waals surface area contributed by atoms with Gasteiger partial charge in [0.2, 0.25) is 0 Å². The third kappa shape index (κ3) is 5.25. The zero-order valence-corrected chi connectivity index (χ0v) is 13.7. The third-order valence-corrected chi connectivity index (χ3v) is 3.76. The Morgan fingerprint density at radius 1 is 1.14 bits per heavy atom. The number of hydrogen-bond donors (Lipinski definition) is 1. The molecule has 5 nitrogen and oxygen atoms in total. The first-order valence-electron chi connectivity index (χ1n) is 8.19. The predicted octanol–water partition coefficient (Wildman–Crippen LogP) is 1.75. The maximum Gasteiger partial charge on any atom is 0.151 e. The number of aromatic nitrogens is 2. The largest absolute Gasteiger partial charge is 0.353 e. The Hall–Kier alpha value is -1.20. The van der Waals surface area contributed by atoms with Gasteiger partial charge in [0.1, 0.15) is 0 Å². The van der Waals surface area contributed by atoms with Crippen LogP contribution >= 0.6 is 0 Å². The van der Waals surface area contributed by atoms with Gasteiger partial charge in [-0.15, -0.1) is 5.10 Å². The van der Waals surface area contributed by atoms with Gasteiger partial charge in [-0.05, 0) is 31.0 Å². The minimum Gasteiger partial charge on any atom is -0.353 e. The highest BCUT2D eigenvalue weighted by Crippen LogP contribution is 2.13. The molecule has 0 unspecified atom stereocenters. The van der Waals surface area contributed by atoms with Crippen LogP contribution in [0.1, 0.15) is 32.9 Å². The van der Waals surface area contributed by atoms with Crippen LogP contribution in [0.2, 0.25) is 0 Å². The minimum atomic E-state index is 0.742. The number of nitrogens with zero attached hydrogens (tertiary/aromatic N) is 4. The molecule has 0 radical (unpaired) electrons. The second-order valence-electron chi connectivity index (χ2n) is 6.24. The molecular formula is C16H29N5. The molecule has 0 atom stereocenters. The lowest BCUT2D eigenvalue weighted by Gasteiger charge is -2.35. The van der Waals surface area contributed by atoms with E-state index in [1.807, 2.05) is 0 Å². The van der Waals surface area contributed by atoms with Gasteiger partial charge in [-0.1, -0.05) is 20.8 Å². The number of anilines is 1. The van der Waals surface area contributed by atoms with Gasteiger partial charge >= 0.3 is 0 Å². The van der Waals surface area contributed by atoms with Crippen molar-refractivity contribution in [1.82, 2.24) is 20.4 Å². The topological polar surface area (TPSA) is 44.3 Å². The molecule has 0 aromatic carbocycles. The van der Waals surface area contributed by atoms with Gasteiger partial charge in [-0.2, -0.15) is 5.10 Å². The van der Waals surface area contributed by atoms with Gasteiger partial charge in [-0.25, -0.2) is 0 Å². The Balaban J connectivity index is 1.80. The van der Waals surface area contributed by atoms with Gasteiger partial charge in [0.15, 0.2) is 5.82 Å². The van der Waals surface area contributed by atoms with Crippen molar-refractivity contribution in [2.45, 2.75) is 33.7 Å². The molecule has 1 aromatic rings. The molecule has 1 aliphatic rings. The van der Waals surface area contributed by atoms with Crippen molar-refractivity contribution in [3.05, 3.63) is 17.8 Å². The molecule has 1 aromatic heterocycles. The van der Waals surface area contributed by atoms with E-state index in [1.54, 1.807) is 0 Å². The van der Waals surface area contributed by atoms with Gasteiger partial charge in [0.05, 0.1) is 5.69 Å². The third-order valence-electron chi connectivity index (χ3n) is 3.76. The summed E-state index contributed by atoms with van der Waals surface area (Å²) in [5.74, 6) is 1.75. The lowest BCUT2D eigenvalue weighted by atomic mass is 10.2. The highest BCUT2D eigenvalue weighted by molar-refractivity contribution is 5.37. The monoisotopic (exact) mass is 291 g/mol. The molecule has 2 rings (SSSR count). The summed E-state index contributed by atoms with van der Waals surface area (Å²) in [5.41, 5.74) is 1.02. The van der Waals surface area contributed by atoms with Crippen LogP contribution in [0.25, 0.3) is 0 Å². The zero-order chi connectivity index (χ0) is 15.1. The highest BCUT2D eigenvalue weighted by Gasteiger charge is 2.18. The Morgan fingerprint density at radius 2 is 1.90 bits per heavy atom. The summed E-state index contributed by atoms with van der Waals surface area (Å²) in [7, 11) is 0. The van der Waals surface area contributed by atoms with Gasteiger partial charge < -0.3 is 10.2 Å². The van der Waals surface area contributed by atoms with Crippen molar-refractivity contribution >= 4 is 5.82 Å². The fourth-order valence-corrected chi connectivity index (χ4v) is 2.68. The number of hydrogen-bond acceptors (Lipinski definition) is 5. The van der Waals surface area contributed by atoms with Crippen molar-refractivity contribution in [3.63, 3.8) is 0 Å². The molecule has 0 amide bonds. The van der Waals surface area contributed by atoms with Crippen LogP contribution in [0.15, 0.2) is 12.1 Å². The molecular weight excluding hydrogens is 262 g/mol. The Bertz CT molecular complexity index is 396. The van der Waals surface area contributed by atoms with E-state index >= 15 is 0 Å².